The summed E-state index contributed by atoms with van der Waals surface area (Å²) in [6, 6.07) is 6.33. The molecule has 0 unspecified atom stereocenters. The van der Waals surface area contributed by atoms with E-state index in [4.69, 9.17) is 0 Å². The van der Waals surface area contributed by atoms with Gasteiger partial charge in [-0.05, 0) is 49.9 Å². The Morgan fingerprint density at radius 3 is 2.53 bits per heavy atom. The zero-order valence-electron chi connectivity index (χ0n) is 10.9. The molecule has 1 heterocycles. The van der Waals surface area contributed by atoms with Gasteiger partial charge in [-0.2, -0.15) is 0 Å². The van der Waals surface area contributed by atoms with Gasteiger partial charge in [-0.1, -0.05) is 0 Å². The van der Waals surface area contributed by atoms with Crippen molar-refractivity contribution in [2.45, 2.75) is 25.7 Å². The van der Waals surface area contributed by atoms with Crippen LogP contribution in [-0.4, -0.2) is 17.0 Å². The van der Waals surface area contributed by atoms with Crippen LogP contribution in [0.1, 0.15) is 24.1 Å². The van der Waals surface area contributed by atoms with Crippen molar-refractivity contribution in [3.05, 3.63) is 41.3 Å². The van der Waals surface area contributed by atoms with Gasteiger partial charge < -0.3 is 5.32 Å². The molecule has 0 saturated carbocycles. The highest BCUT2D eigenvalue weighted by Gasteiger charge is 2.17. The second-order valence-electron chi connectivity index (χ2n) is 4.79. The van der Waals surface area contributed by atoms with E-state index in [9.17, 15) is 4.39 Å². The van der Waals surface area contributed by atoms with E-state index in [1.807, 2.05) is 7.05 Å². The number of benzene rings is 1. The van der Waals surface area contributed by atoms with Gasteiger partial charge in [0.1, 0.15) is 11.6 Å². The number of fused-ring (bicyclic) bond motifs is 1. The molecule has 19 heavy (non-hydrogen) atoms. The molecule has 0 amide bonds. The molecule has 0 saturated heterocycles. The van der Waals surface area contributed by atoms with Gasteiger partial charge in [0.15, 0.2) is 5.82 Å². The summed E-state index contributed by atoms with van der Waals surface area (Å²) in [4.78, 5) is 9.21. The largest absolute Gasteiger partial charge is 0.373 e. The van der Waals surface area contributed by atoms with Crippen LogP contribution in [-0.2, 0) is 12.8 Å². The van der Waals surface area contributed by atoms with Crippen LogP contribution in [0.2, 0.25) is 0 Å². The SMILES string of the molecule is CNc1nc(-c2ccc(F)cc2)nc2c1CCCC2. The molecule has 1 N–H and O–H groups in total. The Hall–Kier alpha value is -1.97. The second kappa shape index (κ2) is 4.96. The maximum atomic E-state index is 13.0. The van der Waals surface area contributed by atoms with Crippen LogP contribution < -0.4 is 5.32 Å². The minimum atomic E-state index is -0.240. The predicted molar refractivity (Wildman–Crippen MR) is 73.6 cm³/mol. The molecule has 0 atom stereocenters. The Morgan fingerprint density at radius 1 is 1.05 bits per heavy atom. The molecule has 0 aliphatic heterocycles. The van der Waals surface area contributed by atoms with Gasteiger partial charge in [0, 0.05) is 23.9 Å². The Labute approximate surface area is 111 Å². The van der Waals surface area contributed by atoms with E-state index >= 15 is 0 Å². The summed E-state index contributed by atoms with van der Waals surface area (Å²) >= 11 is 0. The van der Waals surface area contributed by atoms with Crippen molar-refractivity contribution in [3.8, 4) is 11.4 Å². The lowest BCUT2D eigenvalue weighted by atomic mass is 9.96. The number of aromatic nitrogens is 2. The Balaban J connectivity index is 2.09. The van der Waals surface area contributed by atoms with Crippen molar-refractivity contribution in [2.75, 3.05) is 12.4 Å². The van der Waals surface area contributed by atoms with E-state index in [0.29, 0.717) is 5.82 Å². The first-order valence-electron chi connectivity index (χ1n) is 6.61. The van der Waals surface area contributed by atoms with Crippen molar-refractivity contribution >= 4 is 5.82 Å². The van der Waals surface area contributed by atoms with Gasteiger partial charge in [0.2, 0.25) is 0 Å². The smallest absolute Gasteiger partial charge is 0.161 e. The lowest BCUT2D eigenvalue weighted by Gasteiger charge is -2.18. The quantitative estimate of drug-likeness (QED) is 0.897. The summed E-state index contributed by atoms with van der Waals surface area (Å²) in [5.41, 5.74) is 3.22. The molecule has 0 fully saturated rings. The normalized spacial score (nSPS) is 14.0. The monoisotopic (exact) mass is 257 g/mol. The fourth-order valence-corrected chi connectivity index (χ4v) is 2.53. The van der Waals surface area contributed by atoms with Crippen LogP contribution in [0.5, 0.6) is 0 Å². The number of aryl methyl sites for hydroxylation is 1. The standard InChI is InChI=1S/C15H16FN3/c1-17-15-12-4-2-3-5-13(12)18-14(19-15)10-6-8-11(16)9-7-10/h6-9H,2-5H2,1H3,(H,17,18,19). The predicted octanol–water partition coefficient (Wildman–Crippen LogP) is 3.20. The van der Waals surface area contributed by atoms with E-state index in [1.54, 1.807) is 12.1 Å². The third-order valence-corrected chi connectivity index (χ3v) is 3.52. The molecular weight excluding hydrogens is 241 g/mol. The molecule has 1 aromatic heterocycles. The lowest BCUT2D eigenvalue weighted by Crippen LogP contribution is -2.11. The van der Waals surface area contributed by atoms with Gasteiger partial charge in [0.25, 0.3) is 0 Å². The minimum absolute atomic E-state index is 0.240. The first-order chi connectivity index (χ1) is 9.28. The number of halogens is 1. The molecule has 1 aliphatic carbocycles. The molecule has 1 aromatic carbocycles. The highest BCUT2D eigenvalue weighted by Crippen LogP contribution is 2.28. The number of rotatable bonds is 2. The molecular formula is C15H16FN3. The van der Waals surface area contributed by atoms with Crippen LogP contribution >= 0.6 is 0 Å². The van der Waals surface area contributed by atoms with E-state index in [2.05, 4.69) is 15.3 Å². The van der Waals surface area contributed by atoms with Gasteiger partial charge in [0.05, 0.1) is 0 Å². The Bertz CT molecular complexity index is 576. The number of hydrogen-bond donors (Lipinski definition) is 1. The number of hydrogen-bond acceptors (Lipinski definition) is 3. The van der Waals surface area contributed by atoms with E-state index in [1.165, 1.54) is 30.5 Å². The van der Waals surface area contributed by atoms with Crippen LogP contribution in [0.25, 0.3) is 11.4 Å². The van der Waals surface area contributed by atoms with Crippen LogP contribution in [0.4, 0.5) is 10.2 Å². The van der Waals surface area contributed by atoms with Crippen LogP contribution in [0.15, 0.2) is 24.3 Å². The molecule has 98 valence electrons. The van der Waals surface area contributed by atoms with Crippen molar-refractivity contribution in [3.63, 3.8) is 0 Å². The average Bonchev–Trinajstić information content (AvgIpc) is 2.47. The van der Waals surface area contributed by atoms with Crippen LogP contribution in [0.3, 0.4) is 0 Å². The van der Waals surface area contributed by atoms with Crippen molar-refractivity contribution in [2.24, 2.45) is 0 Å². The summed E-state index contributed by atoms with van der Waals surface area (Å²) in [6.07, 6.45) is 4.41. The summed E-state index contributed by atoms with van der Waals surface area (Å²) in [5.74, 6) is 1.34. The van der Waals surface area contributed by atoms with Crippen LogP contribution in [0, 0.1) is 5.82 Å². The first-order valence-corrected chi connectivity index (χ1v) is 6.61. The van der Waals surface area contributed by atoms with Gasteiger partial charge in [-0.15, -0.1) is 0 Å². The fraction of sp³-hybridized carbons (Fsp3) is 0.333. The number of nitrogens with zero attached hydrogens (tertiary/aromatic N) is 2. The molecule has 3 rings (SSSR count). The number of anilines is 1. The summed E-state index contributed by atoms with van der Waals surface area (Å²) in [6.45, 7) is 0. The van der Waals surface area contributed by atoms with E-state index in [0.717, 1.165) is 29.9 Å². The third-order valence-electron chi connectivity index (χ3n) is 3.52. The van der Waals surface area contributed by atoms with Crippen molar-refractivity contribution in [1.29, 1.82) is 0 Å². The Kier molecular flexibility index (Phi) is 3.15. The molecule has 0 radical (unpaired) electrons. The topological polar surface area (TPSA) is 37.8 Å². The van der Waals surface area contributed by atoms with Gasteiger partial charge >= 0.3 is 0 Å². The lowest BCUT2D eigenvalue weighted by molar-refractivity contribution is 0.628. The maximum absolute atomic E-state index is 13.0. The minimum Gasteiger partial charge on any atom is -0.373 e. The summed E-state index contributed by atoms with van der Waals surface area (Å²) in [5, 5.41) is 3.15. The van der Waals surface area contributed by atoms with E-state index in [-0.39, 0.29) is 5.82 Å². The highest BCUT2D eigenvalue weighted by molar-refractivity contribution is 5.60. The number of nitrogens with one attached hydrogen (secondary N) is 1. The van der Waals surface area contributed by atoms with Crippen molar-refractivity contribution < 1.29 is 4.39 Å². The zero-order chi connectivity index (χ0) is 13.2. The van der Waals surface area contributed by atoms with Gasteiger partial charge in [-0.3, -0.25) is 0 Å². The summed E-state index contributed by atoms with van der Waals surface area (Å²) < 4.78 is 13.0. The molecule has 2 aromatic rings. The molecule has 3 nitrogen and oxygen atoms in total. The average molecular weight is 257 g/mol. The van der Waals surface area contributed by atoms with Crippen molar-refractivity contribution in [1.82, 2.24) is 9.97 Å². The Morgan fingerprint density at radius 2 is 1.79 bits per heavy atom. The molecule has 0 bridgehead atoms. The first kappa shape index (κ1) is 12.1. The molecule has 4 heteroatoms. The highest BCUT2D eigenvalue weighted by atomic mass is 19.1. The molecule has 1 aliphatic rings. The molecule has 0 spiro atoms. The van der Waals surface area contributed by atoms with Gasteiger partial charge in [-0.25, -0.2) is 14.4 Å². The zero-order valence-corrected chi connectivity index (χ0v) is 10.9. The maximum Gasteiger partial charge on any atom is 0.161 e. The third kappa shape index (κ3) is 2.30. The second-order valence-corrected chi connectivity index (χ2v) is 4.79. The fourth-order valence-electron chi connectivity index (χ4n) is 2.53. The summed E-state index contributed by atoms with van der Waals surface area (Å²) in [7, 11) is 1.88. The van der Waals surface area contributed by atoms with E-state index < -0.39 is 0 Å².